The summed E-state index contributed by atoms with van der Waals surface area (Å²) in [6.45, 7) is 0. The lowest BCUT2D eigenvalue weighted by molar-refractivity contribution is 0.550. The monoisotopic (exact) mass is 951 g/mol. The zero-order valence-electron chi connectivity index (χ0n) is 41.4. The normalized spacial score (nSPS) is 14.9. The van der Waals surface area contributed by atoms with Crippen LogP contribution in [0.3, 0.4) is 0 Å². The molecule has 4 aliphatic carbocycles. The number of rotatable bonds is 4. The van der Waals surface area contributed by atoms with Crippen LogP contribution in [0.1, 0.15) is 59.1 Å². The Kier molecular flexibility index (Phi) is 8.43. The smallest absolute Gasteiger partial charge is 0.0726 e. The van der Waals surface area contributed by atoms with Crippen molar-refractivity contribution in [2.75, 3.05) is 4.90 Å². The van der Waals surface area contributed by atoms with Crippen molar-refractivity contribution in [1.29, 1.82) is 0 Å². The molecule has 0 saturated heterocycles. The van der Waals surface area contributed by atoms with Crippen molar-refractivity contribution in [3.05, 3.63) is 282 Å². The highest BCUT2D eigenvalue weighted by Gasteiger charge is 2.52. The van der Waals surface area contributed by atoms with Gasteiger partial charge in [-0.05, 0) is 170 Å². The Morgan fingerprint density at radius 1 is 0.280 bits per heavy atom. The Balaban J connectivity index is 1.05. The molecule has 1 fully saturated rings. The standard InChI is InChI=1S/C74H49N/c1-2-19-50-46(18-1)34-35-47-36-37-48(42-60(47)50)61-44-63-58-26-9-14-31-67(58)74(65-29-12-7-24-56(65)57-25-8-13-30-66(57)74)69(63)45-71(61)75(70-33-17-32-68-72(70)59-27-10-11-28-64(59)73(68)40-15-16-41-73)49-38-39-55-53-22-4-3-20-51(53)52-21-5-6-23-54(52)62(55)43-49/h1-14,17-39,42-45H,15-16,40-41H2. The highest BCUT2D eigenvalue weighted by Crippen LogP contribution is 2.66. The van der Waals surface area contributed by atoms with Gasteiger partial charge in [0, 0.05) is 22.2 Å². The lowest BCUT2D eigenvalue weighted by Crippen LogP contribution is -2.26. The molecule has 0 atom stereocenters. The summed E-state index contributed by atoms with van der Waals surface area (Å²) in [6.07, 6.45) is 4.82. The summed E-state index contributed by atoms with van der Waals surface area (Å²) in [4.78, 5) is 2.69. The fourth-order valence-electron chi connectivity index (χ4n) is 15.3. The van der Waals surface area contributed by atoms with Crippen LogP contribution in [0.15, 0.2) is 249 Å². The van der Waals surface area contributed by atoms with Crippen molar-refractivity contribution in [2.24, 2.45) is 0 Å². The third kappa shape index (κ3) is 5.42. The van der Waals surface area contributed by atoms with Crippen LogP contribution in [0.5, 0.6) is 0 Å². The van der Waals surface area contributed by atoms with Gasteiger partial charge in [0.25, 0.3) is 0 Å². The molecule has 0 heterocycles. The van der Waals surface area contributed by atoms with Crippen molar-refractivity contribution in [1.82, 2.24) is 0 Å². The van der Waals surface area contributed by atoms with E-state index >= 15 is 0 Å². The average Bonchev–Trinajstić information content (AvgIpc) is 4.28. The molecule has 75 heavy (non-hydrogen) atoms. The number of hydrogen-bond donors (Lipinski definition) is 0. The highest BCUT2D eigenvalue weighted by molar-refractivity contribution is 6.26. The van der Waals surface area contributed by atoms with E-state index < -0.39 is 5.41 Å². The second kappa shape index (κ2) is 15.3. The van der Waals surface area contributed by atoms with Crippen LogP contribution in [-0.4, -0.2) is 0 Å². The molecule has 13 aromatic carbocycles. The van der Waals surface area contributed by atoms with Crippen LogP contribution in [-0.2, 0) is 10.8 Å². The van der Waals surface area contributed by atoms with Crippen molar-refractivity contribution in [3.63, 3.8) is 0 Å². The van der Waals surface area contributed by atoms with Gasteiger partial charge in [-0.2, -0.15) is 0 Å². The first-order valence-electron chi connectivity index (χ1n) is 27.0. The molecule has 0 radical (unpaired) electrons. The number of benzene rings is 13. The van der Waals surface area contributed by atoms with Crippen LogP contribution < -0.4 is 4.90 Å². The average molecular weight is 952 g/mol. The molecule has 0 unspecified atom stereocenters. The van der Waals surface area contributed by atoms with Gasteiger partial charge in [-0.15, -0.1) is 0 Å². The van der Waals surface area contributed by atoms with Crippen molar-refractivity contribution in [2.45, 2.75) is 36.5 Å². The van der Waals surface area contributed by atoms with E-state index in [1.807, 2.05) is 0 Å². The topological polar surface area (TPSA) is 3.24 Å². The minimum absolute atomic E-state index is 0.00472. The van der Waals surface area contributed by atoms with Crippen LogP contribution in [0.25, 0.3) is 98.4 Å². The summed E-state index contributed by atoms with van der Waals surface area (Å²) in [6, 6.07) is 95.6. The minimum Gasteiger partial charge on any atom is -0.309 e. The molecule has 0 aromatic heterocycles. The largest absolute Gasteiger partial charge is 0.309 e. The third-order valence-electron chi connectivity index (χ3n) is 18.4. The Bertz CT molecular complexity index is 4540. The first-order valence-corrected chi connectivity index (χ1v) is 27.0. The van der Waals surface area contributed by atoms with E-state index in [9.17, 15) is 0 Å². The van der Waals surface area contributed by atoms with Crippen molar-refractivity contribution < 1.29 is 0 Å². The first-order chi connectivity index (χ1) is 37.2. The molecule has 1 heteroatoms. The molecular weight excluding hydrogens is 903 g/mol. The van der Waals surface area contributed by atoms with E-state index in [0.29, 0.717) is 0 Å². The van der Waals surface area contributed by atoms with Gasteiger partial charge in [-0.3, -0.25) is 0 Å². The molecule has 17 rings (SSSR count). The van der Waals surface area contributed by atoms with Gasteiger partial charge >= 0.3 is 0 Å². The van der Waals surface area contributed by atoms with Gasteiger partial charge in [0.2, 0.25) is 0 Å². The van der Waals surface area contributed by atoms with Crippen molar-refractivity contribution >= 4 is 70.9 Å². The van der Waals surface area contributed by atoms with E-state index in [4.69, 9.17) is 0 Å². The number of anilines is 3. The van der Waals surface area contributed by atoms with E-state index in [1.54, 1.807) is 0 Å². The molecular formula is C74H49N. The second-order valence-corrected chi connectivity index (χ2v) is 21.7. The molecule has 0 amide bonds. The Morgan fingerprint density at radius 2 is 0.787 bits per heavy atom. The Hall–Kier alpha value is -9.04. The van der Waals surface area contributed by atoms with Crippen LogP contribution in [0.4, 0.5) is 17.1 Å². The summed E-state index contributed by atoms with van der Waals surface area (Å²) in [7, 11) is 0. The Labute approximate surface area is 436 Å². The minimum atomic E-state index is -0.532. The van der Waals surface area contributed by atoms with E-state index in [-0.39, 0.29) is 5.41 Å². The summed E-state index contributed by atoms with van der Waals surface area (Å²) in [5.41, 5.74) is 21.7. The van der Waals surface area contributed by atoms with Gasteiger partial charge in [0.05, 0.1) is 16.8 Å². The summed E-state index contributed by atoms with van der Waals surface area (Å²) in [5.74, 6) is 0. The molecule has 0 bridgehead atoms. The van der Waals surface area contributed by atoms with Gasteiger partial charge in [0.1, 0.15) is 0 Å². The van der Waals surface area contributed by atoms with E-state index in [1.165, 1.54) is 169 Å². The van der Waals surface area contributed by atoms with E-state index in [0.717, 1.165) is 5.69 Å². The first kappa shape index (κ1) is 41.4. The molecule has 4 aliphatic rings. The van der Waals surface area contributed by atoms with Crippen LogP contribution in [0, 0.1) is 0 Å². The predicted molar refractivity (Wildman–Crippen MR) is 315 cm³/mol. The van der Waals surface area contributed by atoms with E-state index in [2.05, 4.69) is 254 Å². The molecule has 2 spiro atoms. The third-order valence-corrected chi connectivity index (χ3v) is 18.4. The number of fused-ring (bicyclic) bond motifs is 24. The fourth-order valence-corrected chi connectivity index (χ4v) is 15.3. The van der Waals surface area contributed by atoms with Gasteiger partial charge in [-0.25, -0.2) is 0 Å². The second-order valence-electron chi connectivity index (χ2n) is 21.7. The Morgan fingerprint density at radius 3 is 1.45 bits per heavy atom. The van der Waals surface area contributed by atoms with Crippen LogP contribution in [0.2, 0.25) is 0 Å². The van der Waals surface area contributed by atoms with Crippen molar-refractivity contribution in [3.8, 4) is 44.5 Å². The summed E-state index contributed by atoms with van der Waals surface area (Å²) >= 11 is 0. The number of nitrogens with zero attached hydrogens (tertiary/aromatic N) is 1. The highest BCUT2D eigenvalue weighted by atomic mass is 15.1. The van der Waals surface area contributed by atoms with Gasteiger partial charge in [-0.1, -0.05) is 225 Å². The quantitative estimate of drug-likeness (QED) is 0.159. The zero-order chi connectivity index (χ0) is 49.0. The van der Waals surface area contributed by atoms with Gasteiger partial charge < -0.3 is 4.90 Å². The fraction of sp³-hybridized carbons (Fsp3) is 0.0811. The molecule has 1 saturated carbocycles. The summed E-state index contributed by atoms with van der Waals surface area (Å²) < 4.78 is 0. The zero-order valence-corrected chi connectivity index (χ0v) is 41.4. The molecule has 0 aliphatic heterocycles. The maximum absolute atomic E-state index is 2.69. The molecule has 1 nitrogen and oxygen atoms in total. The lowest BCUT2D eigenvalue weighted by Gasteiger charge is -2.34. The SMILES string of the molecule is c1ccc2c(c1)-c1c(N(c3ccc4c5ccccc5c5ccccc5c4c3)c3cc4c(cc3-c3ccc5ccc6ccccc6c5c3)-c3ccccc3C43c4ccccc4-c4ccccc43)cccc1C21CCCC1. The van der Waals surface area contributed by atoms with Gasteiger partial charge in [0.15, 0.2) is 0 Å². The molecule has 13 aromatic rings. The molecule has 0 N–H and O–H groups in total. The summed E-state index contributed by atoms with van der Waals surface area (Å²) in [5, 5.41) is 12.7. The maximum atomic E-state index is 2.69. The number of hydrogen-bond acceptors (Lipinski definition) is 1. The predicted octanol–water partition coefficient (Wildman–Crippen LogP) is 19.8. The maximum Gasteiger partial charge on any atom is 0.0726 e. The lowest BCUT2D eigenvalue weighted by atomic mass is 9.70. The molecule has 350 valence electrons. The van der Waals surface area contributed by atoms with Crippen LogP contribution >= 0.6 is 0 Å².